The first kappa shape index (κ1) is 11.3. The van der Waals surface area contributed by atoms with Gasteiger partial charge in [0.05, 0.1) is 0 Å². The van der Waals surface area contributed by atoms with Gasteiger partial charge in [-0.05, 0) is 21.8 Å². The quantitative estimate of drug-likeness (QED) is 0.894. The van der Waals surface area contributed by atoms with Crippen LogP contribution < -0.4 is 5.32 Å². The highest BCUT2D eigenvalue weighted by Gasteiger charge is 2.07. The van der Waals surface area contributed by atoms with Crippen LogP contribution in [0.5, 0.6) is 0 Å². The molecule has 0 spiro atoms. The van der Waals surface area contributed by atoms with Gasteiger partial charge in [0.15, 0.2) is 11.5 Å². The summed E-state index contributed by atoms with van der Waals surface area (Å²) in [6, 6.07) is 0. The molecule has 16 heavy (non-hydrogen) atoms. The second-order valence-electron chi connectivity index (χ2n) is 3.74. The minimum Gasteiger partial charge on any atom is -0.396 e. The lowest BCUT2D eigenvalue weighted by atomic mass is 10.2. The van der Waals surface area contributed by atoms with Crippen LogP contribution in [0.15, 0.2) is 23.2 Å². The average molecular weight is 285 g/mol. The summed E-state index contributed by atoms with van der Waals surface area (Å²) in [4.78, 5) is 8.54. The van der Waals surface area contributed by atoms with Crippen LogP contribution in [0.4, 0.5) is 5.82 Å². The normalized spacial score (nSPS) is 12.9. The van der Waals surface area contributed by atoms with Crippen molar-refractivity contribution in [3.63, 3.8) is 0 Å². The van der Waals surface area contributed by atoms with Gasteiger partial charge in [-0.2, -0.15) is 0 Å². The standard InChI is InChI=1S/C10H13BrN4O/c1-7(6-16)4-13-9-10-12-2-3-15(10)5-8(11)14-9/h2-3,5,7,16H,4,6H2,1H3,(H,13,14). The lowest BCUT2D eigenvalue weighted by Gasteiger charge is -2.11. The molecule has 0 radical (unpaired) electrons. The SMILES string of the molecule is CC(CO)CNc1nc(Br)cn2ccnc12. The molecule has 6 heteroatoms. The Kier molecular flexibility index (Phi) is 3.40. The first-order valence-corrected chi connectivity index (χ1v) is 5.84. The molecule has 0 aromatic carbocycles. The lowest BCUT2D eigenvalue weighted by molar-refractivity contribution is 0.244. The van der Waals surface area contributed by atoms with Crippen LogP contribution in [-0.2, 0) is 0 Å². The fourth-order valence-corrected chi connectivity index (χ4v) is 1.75. The van der Waals surface area contributed by atoms with Crippen molar-refractivity contribution in [2.45, 2.75) is 6.92 Å². The maximum absolute atomic E-state index is 8.95. The summed E-state index contributed by atoms with van der Waals surface area (Å²) in [5.74, 6) is 0.912. The number of hydrogen-bond acceptors (Lipinski definition) is 4. The predicted molar refractivity (Wildman–Crippen MR) is 65.4 cm³/mol. The van der Waals surface area contributed by atoms with Crippen LogP contribution in [0.2, 0.25) is 0 Å². The maximum atomic E-state index is 8.95. The van der Waals surface area contributed by atoms with Crippen LogP contribution >= 0.6 is 15.9 Å². The summed E-state index contributed by atoms with van der Waals surface area (Å²) < 4.78 is 2.64. The number of aliphatic hydroxyl groups excluding tert-OH is 1. The zero-order valence-electron chi connectivity index (χ0n) is 8.89. The molecule has 0 saturated carbocycles. The Balaban J connectivity index is 2.25. The number of aromatic nitrogens is 3. The highest BCUT2D eigenvalue weighted by molar-refractivity contribution is 9.10. The molecule has 2 aromatic heterocycles. The maximum Gasteiger partial charge on any atom is 0.180 e. The highest BCUT2D eigenvalue weighted by atomic mass is 79.9. The highest BCUT2D eigenvalue weighted by Crippen LogP contribution is 2.16. The Bertz CT molecular complexity index is 485. The number of nitrogens with one attached hydrogen (secondary N) is 1. The molecule has 1 atom stereocenters. The zero-order valence-corrected chi connectivity index (χ0v) is 10.5. The van der Waals surface area contributed by atoms with E-state index in [0.29, 0.717) is 6.54 Å². The molecular weight excluding hydrogens is 272 g/mol. The lowest BCUT2D eigenvalue weighted by Crippen LogP contribution is -2.16. The predicted octanol–water partition coefficient (Wildman–Crippen LogP) is 1.53. The van der Waals surface area contributed by atoms with Gasteiger partial charge < -0.3 is 14.8 Å². The molecule has 0 aliphatic carbocycles. The van der Waals surface area contributed by atoms with Crippen molar-refractivity contribution >= 4 is 27.4 Å². The fraction of sp³-hybridized carbons (Fsp3) is 0.400. The molecule has 1 unspecified atom stereocenters. The fourth-order valence-electron chi connectivity index (χ4n) is 1.36. The van der Waals surface area contributed by atoms with E-state index >= 15 is 0 Å². The number of anilines is 1. The first-order chi connectivity index (χ1) is 7.70. The summed E-state index contributed by atoms with van der Waals surface area (Å²) in [5.41, 5.74) is 0.785. The Morgan fingerprint density at radius 3 is 3.19 bits per heavy atom. The summed E-state index contributed by atoms with van der Waals surface area (Å²) >= 11 is 3.34. The Labute approximate surface area is 102 Å². The van der Waals surface area contributed by atoms with Gasteiger partial charge in [-0.25, -0.2) is 9.97 Å². The van der Waals surface area contributed by atoms with Crippen molar-refractivity contribution in [1.29, 1.82) is 0 Å². The topological polar surface area (TPSA) is 62.5 Å². The molecule has 0 saturated heterocycles. The van der Waals surface area contributed by atoms with Crippen molar-refractivity contribution in [2.75, 3.05) is 18.5 Å². The van der Waals surface area contributed by atoms with E-state index in [-0.39, 0.29) is 12.5 Å². The van der Waals surface area contributed by atoms with E-state index in [1.165, 1.54) is 0 Å². The van der Waals surface area contributed by atoms with E-state index in [0.717, 1.165) is 16.1 Å². The van der Waals surface area contributed by atoms with Gasteiger partial charge in [-0.3, -0.25) is 0 Å². The molecule has 5 nitrogen and oxygen atoms in total. The number of halogens is 1. The summed E-state index contributed by atoms with van der Waals surface area (Å²) in [5, 5.41) is 12.1. The molecule has 86 valence electrons. The van der Waals surface area contributed by atoms with Crippen molar-refractivity contribution in [3.05, 3.63) is 23.2 Å². The van der Waals surface area contributed by atoms with Gasteiger partial charge in [-0.1, -0.05) is 6.92 Å². The van der Waals surface area contributed by atoms with E-state index in [4.69, 9.17) is 5.11 Å². The molecule has 2 aromatic rings. The number of rotatable bonds is 4. The number of fused-ring (bicyclic) bond motifs is 1. The molecule has 2 heterocycles. The minimum absolute atomic E-state index is 0.158. The Morgan fingerprint density at radius 1 is 1.62 bits per heavy atom. The number of nitrogens with zero attached hydrogens (tertiary/aromatic N) is 3. The zero-order chi connectivity index (χ0) is 11.5. The van der Waals surface area contributed by atoms with Gasteiger partial charge in [0.2, 0.25) is 0 Å². The first-order valence-electron chi connectivity index (χ1n) is 5.04. The molecule has 0 fully saturated rings. The van der Waals surface area contributed by atoms with E-state index in [1.54, 1.807) is 6.20 Å². The van der Waals surface area contributed by atoms with Gasteiger partial charge in [-0.15, -0.1) is 0 Å². The van der Waals surface area contributed by atoms with E-state index in [1.807, 2.05) is 23.7 Å². The van der Waals surface area contributed by atoms with E-state index < -0.39 is 0 Å². The minimum atomic E-state index is 0.158. The van der Waals surface area contributed by atoms with Crippen LogP contribution in [0.1, 0.15) is 6.92 Å². The molecular formula is C10H13BrN4O. The van der Waals surface area contributed by atoms with Gasteiger partial charge in [0, 0.05) is 31.7 Å². The summed E-state index contributed by atoms with van der Waals surface area (Å²) in [6.45, 7) is 2.79. The second-order valence-corrected chi connectivity index (χ2v) is 4.55. The third kappa shape index (κ3) is 2.33. The van der Waals surface area contributed by atoms with Crippen molar-refractivity contribution in [3.8, 4) is 0 Å². The smallest absolute Gasteiger partial charge is 0.180 e. The summed E-state index contributed by atoms with van der Waals surface area (Å²) in [6.07, 6.45) is 5.44. The molecule has 0 aliphatic rings. The van der Waals surface area contributed by atoms with Gasteiger partial charge >= 0.3 is 0 Å². The Hall–Kier alpha value is -1.14. The van der Waals surface area contributed by atoms with Crippen LogP contribution in [0.25, 0.3) is 5.65 Å². The largest absolute Gasteiger partial charge is 0.396 e. The molecule has 2 rings (SSSR count). The van der Waals surface area contributed by atoms with Crippen molar-refractivity contribution in [1.82, 2.24) is 14.4 Å². The third-order valence-electron chi connectivity index (χ3n) is 2.27. The van der Waals surface area contributed by atoms with Gasteiger partial charge in [0.1, 0.15) is 4.60 Å². The van der Waals surface area contributed by atoms with Gasteiger partial charge in [0.25, 0.3) is 0 Å². The molecule has 2 N–H and O–H groups in total. The van der Waals surface area contributed by atoms with Crippen LogP contribution in [-0.4, -0.2) is 32.6 Å². The number of hydrogen-bond donors (Lipinski definition) is 2. The second kappa shape index (κ2) is 4.80. The van der Waals surface area contributed by atoms with Crippen LogP contribution in [0, 0.1) is 5.92 Å². The Morgan fingerprint density at radius 2 is 2.44 bits per heavy atom. The average Bonchev–Trinajstić information content (AvgIpc) is 2.73. The van der Waals surface area contributed by atoms with E-state index in [2.05, 4.69) is 31.2 Å². The number of imidazole rings is 1. The molecule has 0 bridgehead atoms. The third-order valence-corrected chi connectivity index (χ3v) is 2.66. The van der Waals surface area contributed by atoms with Crippen LogP contribution in [0.3, 0.4) is 0 Å². The monoisotopic (exact) mass is 284 g/mol. The van der Waals surface area contributed by atoms with E-state index in [9.17, 15) is 0 Å². The molecule has 0 amide bonds. The van der Waals surface area contributed by atoms with Crippen molar-refractivity contribution in [2.24, 2.45) is 5.92 Å². The van der Waals surface area contributed by atoms with Crippen molar-refractivity contribution < 1.29 is 5.11 Å². The number of aliphatic hydroxyl groups is 1. The molecule has 0 aliphatic heterocycles. The summed E-state index contributed by atoms with van der Waals surface area (Å²) in [7, 11) is 0.